The van der Waals surface area contributed by atoms with Crippen molar-refractivity contribution in [1.82, 2.24) is 14.8 Å². The molecule has 5 rings (SSSR count). The van der Waals surface area contributed by atoms with Crippen molar-refractivity contribution in [2.24, 2.45) is 0 Å². The predicted octanol–water partition coefficient (Wildman–Crippen LogP) is 2.63. The van der Waals surface area contributed by atoms with E-state index in [1.54, 1.807) is 0 Å². The molecule has 4 heterocycles. The molecule has 0 bridgehead atoms. The minimum atomic E-state index is 0.240. The lowest BCUT2D eigenvalue weighted by Gasteiger charge is -2.47. The van der Waals surface area contributed by atoms with Crippen LogP contribution in [0.5, 0.6) is 5.75 Å². The summed E-state index contributed by atoms with van der Waals surface area (Å²) < 4.78 is 12.2. The van der Waals surface area contributed by atoms with Crippen molar-refractivity contribution in [2.45, 2.75) is 63.2 Å². The highest BCUT2D eigenvalue weighted by atomic mass is 16.5. The molecule has 1 aromatic rings. The fraction of sp³-hybridized carbons (Fsp3) is 0.762. The molecule has 3 fully saturated rings. The summed E-state index contributed by atoms with van der Waals surface area (Å²) in [6.45, 7) is 7.77. The third-order valence-corrected chi connectivity index (χ3v) is 6.65. The molecule has 142 valence electrons. The molecule has 2 saturated heterocycles. The second kappa shape index (κ2) is 7.10. The molecule has 0 atom stereocenters. The molecular formula is C21H31N3O2. The Morgan fingerprint density at radius 3 is 2.85 bits per heavy atom. The van der Waals surface area contributed by atoms with Crippen LogP contribution in [0, 0.1) is 0 Å². The summed E-state index contributed by atoms with van der Waals surface area (Å²) >= 11 is 0. The predicted molar refractivity (Wildman–Crippen MR) is 100 cm³/mol. The maximum Gasteiger partial charge on any atom is 0.127 e. The third kappa shape index (κ3) is 3.37. The molecule has 1 saturated carbocycles. The van der Waals surface area contributed by atoms with Crippen LogP contribution in [0.4, 0.5) is 0 Å². The topological polar surface area (TPSA) is 37.8 Å². The molecule has 1 spiro atoms. The fourth-order valence-corrected chi connectivity index (χ4v) is 4.89. The molecule has 26 heavy (non-hydrogen) atoms. The van der Waals surface area contributed by atoms with Crippen molar-refractivity contribution in [3.05, 3.63) is 23.5 Å². The van der Waals surface area contributed by atoms with Crippen LogP contribution in [-0.2, 0) is 17.7 Å². The van der Waals surface area contributed by atoms with Gasteiger partial charge < -0.3 is 9.47 Å². The Hall–Kier alpha value is -1.17. The average molecular weight is 357 g/mol. The maximum atomic E-state index is 6.23. The third-order valence-electron chi connectivity index (χ3n) is 6.65. The molecule has 0 amide bonds. The first kappa shape index (κ1) is 17.0. The van der Waals surface area contributed by atoms with E-state index in [1.165, 1.54) is 62.9 Å². The molecule has 3 aliphatic heterocycles. The van der Waals surface area contributed by atoms with Crippen LogP contribution in [0.1, 0.15) is 49.8 Å². The van der Waals surface area contributed by atoms with E-state index >= 15 is 0 Å². The SMILES string of the molecule is c1cc(OC2CCC2)c2c(n1)CCN(CCCN1CC3(CCCO3)C1)C2. The number of hydrogen-bond donors (Lipinski definition) is 0. The molecule has 0 aromatic carbocycles. The number of hydrogen-bond acceptors (Lipinski definition) is 5. The van der Waals surface area contributed by atoms with Gasteiger partial charge in [-0.15, -0.1) is 0 Å². The van der Waals surface area contributed by atoms with Crippen molar-refractivity contribution in [2.75, 3.05) is 39.3 Å². The highest BCUT2D eigenvalue weighted by molar-refractivity contribution is 5.37. The summed E-state index contributed by atoms with van der Waals surface area (Å²) in [5.41, 5.74) is 2.83. The van der Waals surface area contributed by atoms with Gasteiger partial charge in [-0.2, -0.15) is 0 Å². The first-order valence-corrected chi connectivity index (χ1v) is 10.5. The van der Waals surface area contributed by atoms with Gasteiger partial charge >= 0.3 is 0 Å². The molecule has 0 N–H and O–H groups in total. The van der Waals surface area contributed by atoms with E-state index in [9.17, 15) is 0 Å². The molecule has 5 heteroatoms. The number of nitrogens with zero attached hydrogens (tertiary/aromatic N) is 3. The van der Waals surface area contributed by atoms with Gasteiger partial charge in [0.15, 0.2) is 0 Å². The highest BCUT2D eigenvalue weighted by Gasteiger charge is 2.45. The van der Waals surface area contributed by atoms with Gasteiger partial charge in [0.2, 0.25) is 0 Å². The molecule has 5 nitrogen and oxygen atoms in total. The van der Waals surface area contributed by atoms with Crippen LogP contribution in [0.3, 0.4) is 0 Å². The van der Waals surface area contributed by atoms with Crippen LogP contribution in [0.15, 0.2) is 12.3 Å². The van der Waals surface area contributed by atoms with E-state index in [4.69, 9.17) is 9.47 Å². The van der Waals surface area contributed by atoms with Gasteiger partial charge in [0.25, 0.3) is 0 Å². The van der Waals surface area contributed by atoms with Gasteiger partial charge in [-0.05, 0) is 57.7 Å². The Labute approximate surface area is 156 Å². The molecule has 0 radical (unpaired) electrons. The number of aromatic nitrogens is 1. The molecule has 1 aromatic heterocycles. The summed E-state index contributed by atoms with van der Waals surface area (Å²) in [5, 5.41) is 0. The van der Waals surface area contributed by atoms with Crippen molar-refractivity contribution >= 4 is 0 Å². The summed E-state index contributed by atoms with van der Waals surface area (Å²) in [6.07, 6.45) is 10.9. The zero-order valence-corrected chi connectivity index (χ0v) is 15.8. The van der Waals surface area contributed by atoms with Gasteiger partial charge in [-0.1, -0.05) is 0 Å². The largest absolute Gasteiger partial charge is 0.490 e. The molecule has 1 aliphatic carbocycles. The quantitative estimate of drug-likeness (QED) is 0.782. The van der Waals surface area contributed by atoms with E-state index in [0.29, 0.717) is 6.10 Å². The second-order valence-electron chi connectivity index (χ2n) is 8.63. The first-order valence-electron chi connectivity index (χ1n) is 10.5. The number of pyridine rings is 1. The van der Waals surface area contributed by atoms with Crippen molar-refractivity contribution in [1.29, 1.82) is 0 Å². The van der Waals surface area contributed by atoms with Crippen LogP contribution in [0.2, 0.25) is 0 Å². The Kier molecular flexibility index (Phi) is 4.63. The first-order chi connectivity index (χ1) is 12.8. The maximum absolute atomic E-state index is 6.23. The zero-order valence-electron chi connectivity index (χ0n) is 15.8. The lowest BCUT2D eigenvalue weighted by Crippen LogP contribution is -2.61. The smallest absolute Gasteiger partial charge is 0.127 e. The van der Waals surface area contributed by atoms with E-state index in [0.717, 1.165) is 45.0 Å². The lowest BCUT2D eigenvalue weighted by molar-refractivity contribution is -0.111. The number of rotatable bonds is 6. The minimum Gasteiger partial charge on any atom is -0.490 e. The van der Waals surface area contributed by atoms with Crippen LogP contribution < -0.4 is 4.74 Å². The van der Waals surface area contributed by atoms with Gasteiger partial charge in [0.05, 0.1) is 11.7 Å². The summed E-state index contributed by atoms with van der Waals surface area (Å²) in [7, 11) is 0. The molecule has 0 unspecified atom stereocenters. The van der Waals surface area contributed by atoms with Gasteiger partial charge in [-0.3, -0.25) is 14.8 Å². The van der Waals surface area contributed by atoms with Gasteiger partial charge in [0.1, 0.15) is 5.75 Å². The lowest BCUT2D eigenvalue weighted by atomic mass is 9.91. The standard InChI is InChI=1S/C21H31N3O2/c1-4-17(5-1)26-20-6-9-22-19-7-12-23(14-18(19)20)10-3-11-24-15-21(16-24)8-2-13-25-21/h6,9,17H,1-5,7-8,10-16H2. The van der Waals surface area contributed by atoms with E-state index in [-0.39, 0.29) is 5.60 Å². The highest BCUT2D eigenvalue weighted by Crippen LogP contribution is 2.35. The number of fused-ring (bicyclic) bond motifs is 1. The van der Waals surface area contributed by atoms with Crippen molar-refractivity contribution < 1.29 is 9.47 Å². The zero-order chi connectivity index (χ0) is 17.4. The molecule has 4 aliphatic rings. The average Bonchev–Trinajstić information content (AvgIpc) is 3.07. The normalized spacial score (nSPS) is 25.7. The summed E-state index contributed by atoms with van der Waals surface area (Å²) in [6, 6.07) is 2.07. The van der Waals surface area contributed by atoms with Gasteiger partial charge in [-0.25, -0.2) is 0 Å². The minimum absolute atomic E-state index is 0.240. The van der Waals surface area contributed by atoms with Crippen LogP contribution in [0.25, 0.3) is 0 Å². The van der Waals surface area contributed by atoms with E-state index < -0.39 is 0 Å². The fourth-order valence-electron chi connectivity index (χ4n) is 4.89. The van der Waals surface area contributed by atoms with Gasteiger partial charge in [0, 0.05) is 56.7 Å². The number of ether oxygens (including phenoxy) is 2. The van der Waals surface area contributed by atoms with E-state index in [2.05, 4.69) is 20.9 Å². The number of likely N-dealkylation sites (tertiary alicyclic amines) is 1. The van der Waals surface area contributed by atoms with Crippen LogP contribution >= 0.6 is 0 Å². The Balaban J connectivity index is 1.11. The second-order valence-corrected chi connectivity index (χ2v) is 8.63. The summed E-state index contributed by atoms with van der Waals surface area (Å²) in [4.78, 5) is 9.76. The van der Waals surface area contributed by atoms with E-state index in [1.807, 2.05) is 6.20 Å². The Bertz CT molecular complexity index is 632. The summed E-state index contributed by atoms with van der Waals surface area (Å²) in [5.74, 6) is 1.09. The Morgan fingerprint density at radius 1 is 1.19 bits per heavy atom. The van der Waals surface area contributed by atoms with Crippen molar-refractivity contribution in [3.63, 3.8) is 0 Å². The van der Waals surface area contributed by atoms with Crippen molar-refractivity contribution in [3.8, 4) is 5.75 Å². The Morgan fingerprint density at radius 2 is 2.08 bits per heavy atom. The molecular weight excluding hydrogens is 326 g/mol. The monoisotopic (exact) mass is 357 g/mol. The van der Waals surface area contributed by atoms with Crippen LogP contribution in [-0.4, -0.2) is 65.8 Å².